The first-order valence-electron chi connectivity index (χ1n) is 6.29. The number of esters is 1. The van der Waals surface area contributed by atoms with Gasteiger partial charge in [0.05, 0.1) is 23.6 Å². The molecule has 4 nitrogen and oxygen atoms in total. The number of alkyl halides is 4. The lowest BCUT2D eigenvalue weighted by molar-refractivity contribution is -0.136. The largest absolute Gasteiger partial charge is 0.462 e. The molecule has 22 heavy (non-hydrogen) atoms. The second-order valence-electron chi connectivity index (χ2n) is 4.39. The van der Waals surface area contributed by atoms with Crippen LogP contribution in [0.1, 0.15) is 28.5 Å². The van der Waals surface area contributed by atoms with Crippen LogP contribution in [0.5, 0.6) is 0 Å². The highest BCUT2D eigenvalue weighted by Gasteiger charge is 2.34. The van der Waals surface area contributed by atoms with Gasteiger partial charge in [-0.1, -0.05) is 6.07 Å². The number of hydrogen-bond donors (Lipinski definition) is 1. The van der Waals surface area contributed by atoms with E-state index in [9.17, 15) is 22.8 Å². The Morgan fingerprint density at radius 1 is 1.36 bits per heavy atom. The number of rotatable bonds is 3. The first kappa shape index (κ1) is 16.4. The summed E-state index contributed by atoms with van der Waals surface area (Å²) in [6.07, 6.45) is -4.64. The van der Waals surface area contributed by atoms with Gasteiger partial charge in [0.2, 0.25) is 5.43 Å². The van der Waals surface area contributed by atoms with Crippen LogP contribution < -0.4 is 5.43 Å². The SMILES string of the molecule is CCOC(=O)c1c(CCl)[nH]c2c(C(F)(F)F)cccc2c1=O. The molecule has 0 aliphatic carbocycles. The van der Waals surface area contributed by atoms with Crippen molar-refractivity contribution in [2.75, 3.05) is 6.61 Å². The van der Waals surface area contributed by atoms with Crippen LogP contribution in [-0.4, -0.2) is 17.6 Å². The minimum Gasteiger partial charge on any atom is -0.462 e. The first-order chi connectivity index (χ1) is 10.3. The molecule has 1 aromatic carbocycles. The van der Waals surface area contributed by atoms with Gasteiger partial charge in [-0.15, -0.1) is 11.6 Å². The second kappa shape index (κ2) is 6.00. The van der Waals surface area contributed by atoms with Gasteiger partial charge >= 0.3 is 12.1 Å². The van der Waals surface area contributed by atoms with Crippen LogP contribution in [0.4, 0.5) is 13.2 Å². The first-order valence-corrected chi connectivity index (χ1v) is 6.82. The lowest BCUT2D eigenvalue weighted by atomic mass is 10.0. The predicted octanol–water partition coefficient (Wildman–Crippen LogP) is 3.46. The van der Waals surface area contributed by atoms with E-state index < -0.39 is 28.7 Å². The van der Waals surface area contributed by atoms with Crippen molar-refractivity contribution in [2.45, 2.75) is 19.0 Å². The molecule has 2 aromatic rings. The van der Waals surface area contributed by atoms with E-state index >= 15 is 0 Å². The van der Waals surface area contributed by atoms with Gasteiger partial charge in [-0.2, -0.15) is 13.2 Å². The van der Waals surface area contributed by atoms with E-state index in [2.05, 4.69) is 4.98 Å². The Morgan fingerprint density at radius 2 is 2.05 bits per heavy atom. The standard InChI is InChI=1S/C14H11ClF3NO3/c1-2-22-13(21)10-9(6-15)19-11-7(12(10)20)4-3-5-8(11)14(16,17)18/h3-5H,2,6H2,1H3,(H,19,20). The van der Waals surface area contributed by atoms with Crippen molar-refractivity contribution < 1.29 is 22.7 Å². The van der Waals surface area contributed by atoms with E-state index in [1.807, 2.05) is 0 Å². The number of H-pyrrole nitrogens is 1. The van der Waals surface area contributed by atoms with E-state index in [4.69, 9.17) is 16.3 Å². The zero-order valence-electron chi connectivity index (χ0n) is 11.4. The molecule has 0 unspecified atom stereocenters. The summed E-state index contributed by atoms with van der Waals surface area (Å²) in [6, 6.07) is 3.17. The van der Waals surface area contributed by atoms with E-state index in [1.165, 1.54) is 6.07 Å². The third-order valence-electron chi connectivity index (χ3n) is 3.03. The molecule has 0 saturated carbocycles. The Bertz CT molecular complexity index is 783. The minimum atomic E-state index is -4.64. The topological polar surface area (TPSA) is 59.2 Å². The highest BCUT2D eigenvalue weighted by molar-refractivity contribution is 6.17. The lowest BCUT2D eigenvalue weighted by Gasteiger charge is -2.13. The monoisotopic (exact) mass is 333 g/mol. The van der Waals surface area contributed by atoms with Crippen molar-refractivity contribution >= 4 is 28.5 Å². The van der Waals surface area contributed by atoms with Gasteiger partial charge in [0, 0.05) is 11.1 Å². The van der Waals surface area contributed by atoms with Gasteiger partial charge in [-0.25, -0.2) is 4.79 Å². The fraction of sp³-hybridized carbons (Fsp3) is 0.286. The van der Waals surface area contributed by atoms with Gasteiger partial charge < -0.3 is 9.72 Å². The third-order valence-corrected chi connectivity index (χ3v) is 3.30. The van der Waals surface area contributed by atoms with Crippen LogP contribution in [0.3, 0.4) is 0 Å². The molecule has 2 rings (SSSR count). The fourth-order valence-electron chi connectivity index (χ4n) is 2.12. The number of aromatic nitrogens is 1. The van der Waals surface area contributed by atoms with Gasteiger partial charge in [-0.05, 0) is 19.1 Å². The summed E-state index contributed by atoms with van der Waals surface area (Å²) in [6.45, 7) is 1.58. The van der Waals surface area contributed by atoms with Gasteiger partial charge in [0.15, 0.2) is 0 Å². The van der Waals surface area contributed by atoms with Crippen molar-refractivity contribution in [1.29, 1.82) is 0 Å². The van der Waals surface area contributed by atoms with E-state index in [0.717, 1.165) is 12.1 Å². The fourth-order valence-corrected chi connectivity index (χ4v) is 2.32. The molecule has 0 spiro atoms. The average molecular weight is 334 g/mol. The van der Waals surface area contributed by atoms with Crippen LogP contribution >= 0.6 is 11.6 Å². The highest BCUT2D eigenvalue weighted by Crippen LogP contribution is 2.33. The number of para-hydroxylation sites is 1. The normalized spacial score (nSPS) is 11.7. The van der Waals surface area contributed by atoms with Gasteiger partial charge in [-0.3, -0.25) is 4.79 Å². The Kier molecular flexibility index (Phi) is 4.46. The molecular weight excluding hydrogens is 323 g/mol. The number of hydrogen-bond acceptors (Lipinski definition) is 3. The molecule has 0 saturated heterocycles. The van der Waals surface area contributed by atoms with Crippen LogP contribution in [0, 0.1) is 0 Å². The molecule has 0 radical (unpaired) electrons. The molecule has 0 amide bonds. The number of aromatic amines is 1. The molecule has 1 heterocycles. The Morgan fingerprint density at radius 3 is 2.59 bits per heavy atom. The maximum absolute atomic E-state index is 13.0. The zero-order chi connectivity index (χ0) is 16.5. The third kappa shape index (κ3) is 2.81. The van der Waals surface area contributed by atoms with Gasteiger partial charge in [0.1, 0.15) is 5.56 Å². The molecule has 0 atom stereocenters. The highest BCUT2D eigenvalue weighted by atomic mass is 35.5. The molecule has 0 bridgehead atoms. The Balaban J connectivity index is 2.85. The van der Waals surface area contributed by atoms with Crippen molar-refractivity contribution in [3.05, 3.63) is 45.2 Å². The quantitative estimate of drug-likeness (QED) is 0.691. The van der Waals surface area contributed by atoms with Crippen LogP contribution in [0.2, 0.25) is 0 Å². The summed E-state index contributed by atoms with van der Waals surface area (Å²) in [5.74, 6) is -1.25. The van der Waals surface area contributed by atoms with Gasteiger partial charge in [0.25, 0.3) is 0 Å². The van der Waals surface area contributed by atoms with E-state index in [-0.39, 0.29) is 29.1 Å². The van der Waals surface area contributed by atoms with Crippen LogP contribution in [0.25, 0.3) is 10.9 Å². The molecule has 0 aliphatic rings. The van der Waals surface area contributed by atoms with Crippen molar-refractivity contribution in [1.82, 2.24) is 4.98 Å². The summed E-state index contributed by atoms with van der Waals surface area (Å²) >= 11 is 5.66. The summed E-state index contributed by atoms with van der Waals surface area (Å²) < 4.78 is 43.8. The molecule has 0 fully saturated rings. The number of carbonyl (C=O) groups excluding carboxylic acids is 1. The van der Waals surface area contributed by atoms with Crippen molar-refractivity contribution in [2.24, 2.45) is 0 Å². The Hall–Kier alpha value is -2.02. The van der Waals surface area contributed by atoms with E-state index in [0.29, 0.717) is 0 Å². The number of halogens is 4. The number of benzene rings is 1. The van der Waals surface area contributed by atoms with Crippen LogP contribution in [0.15, 0.2) is 23.0 Å². The second-order valence-corrected chi connectivity index (χ2v) is 4.65. The summed E-state index contributed by atoms with van der Waals surface area (Å²) in [7, 11) is 0. The summed E-state index contributed by atoms with van der Waals surface area (Å²) in [5.41, 5.74) is -2.71. The maximum atomic E-state index is 13.0. The van der Waals surface area contributed by atoms with Crippen LogP contribution in [-0.2, 0) is 16.8 Å². The van der Waals surface area contributed by atoms with Crippen molar-refractivity contribution in [3.8, 4) is 0 Å². The molecule has 0 aliphatic heterocycles. The summed E-state index contributed by atoms with van der Waals surface area (Å²) in [4.78, 5) is 26.7. The number of carbonyl (C=O) groups is 1. The number of ether oxygens (including phenoxy) is 1. The molecular formula is C14H11ClF3NO3. The zero-order valence-corrected chi connectivity index (χ0v) is 12.1. The summed E-state index contributed by atoms with van der Waals surface area (Å²) in [5, 5.41) is -0.244. The number of nitrogens with one attached hydrogen (secondary N) is 1. The number of fused-ring (bicyclic) bond motifs is 1. The Labute approximate surface area is 127 Å². The maximum Gasteiger partial charge on any atom is 0.418 e. The minimum absolute atomic E-state index is 0.0284. The van der Waals surface area contributed by atoms with E-state index in [1.54, 1.807) is 6.92 Å². The predicted molar refractivity (Wildman–Crippen MR) is 75.1 cm³/mol. The molecule has 1 aromatic heterocycles. The lowest BCUT2D eigenvalue weighted by Crippen LogP contribution is -2.22. The number of pyridine rings is 1. The van der Waals surface area contributed by atoms with Crippen molar-refractivity contribution in [3.63, 3.8) is 0 Å². The molecule has 1 N–H and O–H groups in total. The average Bonchev–Trinajstić information content (AvgIpc) is 2.45. The smallest absolute Gasteiger partial charge is 0.418 e. The molecule has 8 heteroatoms. The molecule has 118 valence electrons.